The zero-order chi connectivity index (χ0) is 22.6. The van der Waals surface area contributed by atoms with Crippen LogP contribution in [0.4, 0.5) is 5.69 Å². The van der Waals surface area contributed by atoms with Gasteiger partial charge in [-0.1, -0.05) is 42.0 Å². The van der Waals surface area contributed by atoms with Crippen LogP contribution >= 0.6 is 0 Å². The summed E-state index contributed by atoms with van der Waals surface area (Å²) < 4.78 is 1.74. The summed E-state index contributed by atoms with van der Waals surface area (Å²) in [4.78, 5) is 30.0. The molecule has 0 unspecified atom stereocenters. The van der Waals surface area contributed by atoms with Crippen molar-refractivity contribution in [3.05, 3.63) is 83.9 Å². The number of pyridine rings is 1. The van der Waals surface area contributed by atoms with E-state index >= 15 is 0 Å². The molecule has 4 aromatic rings. The predicted molar refractivity (Wildman–Crippen MR) is 124 cm³/mol. The summed E-state index contributed by atoms with van der Waals surface area (Å²) in [6.07, 6.45) is 9.61. The Labute approximate surface area is 191 Å². The molecule has 0 spiro atoms. The summed E-state index contributed by atoms with van der Waals surface area (Å²) in [6, 6.07) is 14.7. The molecule has 0 aliphatic heterocycles. The molecule has 1 aliphatic carbocycles. The summed E-state index contributed by atoms with van der Waals surface area (Å²) in [6.45, 7) is 1.17. The zero-order valence-corrected chi connectivity index (χ0v) is 18.0. The molecule has 2 N–H and O–H groups in total. The zero-order valence-electron chi connectivity index (χ0n) is 18.0. The minimum atomic E-state index is -0.306. The van der Waals surface area contributed by atoms with Gasteiger partial charge in [0.1, 0.15) is 0 Å². The van der Waals surface area contributed by atoms with E-state index in [1.807, 2.05) is 30.3 Å². The lowest BCUT2D eigenvalue weighted by molar-refractivity contribution is 0.0935. The van der Waals surface area contributed by atoms with Crippen molar-refractivity contribution < 1.29 is 9.59 Å². The highest BCUT2D eigenvalue weighted by atomic mass is 16.2. The van der Waals surface area contributed by atoms with E-state index in [4.69, 9.17) is 0 Å². The molecule has 0 atom stereocenters. The third kappa shape index (κ3) is 4.45. The summed E-state index contributed by atoms with van der Waals surface area (Å²) in [7, 11) is 0. The lowest BCUT2D eigenvalue weighted by Crippen LogP contribution is -2.33. The number of fused-ring (bicyclic) bond motifs is 1. The highest BCUT2D eigenvalue weighted by Gasteiger charge is 2.21. The van der Waals surface area contributed by atoms with Gasteiger partial charge < -0.3 is 10.6 Å². The van der Waals surface area contributed by atoms with E-state index in [9.17, 15) is 9.59 Å². The molecule has 33 heavy (non-hydrogen) atoms. The molecule has 2 heterocycles. The van der Waals surface area contributed by atoms with Crippen molar-refractivity contribution in [2.75, 3.05) is 11.9 Å². The molecule has 1 saturated carbocycles. The fraction of sp³-hybridized carbons (Fsp3) is 0.240. The van der Waals surface area contributed by atoms with Crippen LogP contribution in [0.5, 0.6) is 0 Å². The van der Waals surface area contributed by atoms with E-state index in [1.54, 1.807) is 35.3 Å². The Morgan fingerprint density at radius 1 is 1.06 bits per heavy atom. The number of nitrogens with one attached hydrogen (secondary N) is 2. The van der Waals surface area contributed by atoms with Crippen molar-refractivity contribution in [1.82, 2.24) is 25.3 Å². The summed E-state index contributed by atoms with van der Waals surface area (Å²) in [5, 5.41) is 15.5. The summed E-state index contributed by atoms with van der Waals surface area (Å²) >= 11 is 0. The second-order valence-electron chi connectivity index (χ2n) is 8.22. The van der Waals surface area contributed by atoms with Gasteiger partial charge in [0.25, 0.3) is 11.8 Å². The van der Waals surface area contributed by atoms with Crippen LogP contribution in [-0.4, -0.2) is 38.3 Å². The molecule has 0 bridgehead atoms. The SMILES string of the molecule is O=C(NCC1CCC1)c1n[c]ccc1NC(=O)c1ccc(Cn2ccnn2)c2ccccc12. The molecule has 1 radical (unpaired) electrons. The molecule has 2 aromatic heterocycles. The first-order chi connectivity index (χ1) is 16.2. The normalized spacial score (nSPS) is 13.5. The van der Waals surface area contributed by atoms with Gasteiger partial charge in [-0.2, -0.15) is 0 Å². The van der Waals surface area contributed by atoms with Crippen molar-refractivity contribution in [3.8, 4) is 0 Å². The van der Waals surface area contributed by atoms with E-state index in [0.29, 0.717) is 30.3 Å². The molecule has 2 amide bonds. The number of amides is 2. The summed E-state index contributed by atoms with van der Waals surface area (Å²) in [5.74, 6) is -0.0799. The van der Waals surface area contributed by atoms with Crippen LogP contribution in [-0.2, 0) is 6.54 Å². The Hall–Kier alpha value is -4.07. The van der Waals surface area contributed by atoms with Crippen LogP contribution < -0.4 is 10.6 Å². The van der Waals surface area contributed by atoms with Crippen molar-refractivity contribution in [1.29, 1.82) is 0 Å². The van der Waals surface area contributed by atoms with Crippen LogP contribution in [0, 0.1) is 12.1 Å². The van der Waals surface area contributed by atoms with Gasteiger partial charge in [-0.05, 0) is 53.3 Å². The molecule has 2 aromatic carbocycles. The number of aromatic nitrogens is 4. The number of hydrogen-bond donors (Lipinski definition) is 2. The molecular formula is C25H23N6O2. The van der Waals surface area contributed by atoms with E-state index < -0.39 is 0 Å². The topological polar surface area (TPSA) is 102 Å². The van der Waals surface area contributed by atoms with Gasteiger partial charge in [0, 0.05) is 18.3 Å². The number of nitrogens with zero attached hydrogens (tertiary/aromatic N) is 4. The average molecular weight is 439 g/mol. The minimum absolute atomic E-state index is 0.164. The number of anilines is 1. The fourth-order valence-electron chi connectivity index (χ4n) is 4.03. The first-order valence-corrected chi connectivity index (χ1v) is 11.0. The predicted octanol–water partition coefficient (Wildman–Crippen LogP) is 3.46. The molecule has 0 saturated heterocycles. The fourth-order valence-corrected chi connectivity index (χ4v) is 4.03. The van der Waals surface area contributed by atoms with Crippen LogP contribution in [0.3, 0.4) is 0 Å². The summed E-state index contributed by atoms with van der Waals surface area (Å²) in [5.41, 5.74) is 2.07. The van der Waals surface area contributed by atoms with Crippen LogP contribution in [0.25, 0.3) is 10.8 Å². The lowest BCUT2D eigenvalue weighted by Gasteiger charge is -2.25. The maximum Gasteiger partial charge on any atom is 0.272 e. The van der Waals surface area contributed by atoms with Gasteiger partial charge in [-0.15, -0.1) is 5.10 Å². The van der Waals surface area contributed by atoms with Gasteiger partial charge in [0.15, 0.2) is 5.69 Å². The Bertz CT molecular complexity index is 1300. The van der Waals surface area contributed by atoms with Crippen molar-refractivity contribution in [3.63, 3.8) is 0 Å². The minimum Gasteiger partial charge on any atom is -0.350 e. The smallest absolute Gasteiger partial charge is 0.272 e. The second kappa shape index (κ2) is 9.20. The van der Waals surface area contributed by atoms with Gasteiger partial charge in [0.05, 0.1) is 24.6 Å². The van der Waals surface area contributed by atoms with Crippen molar-refractivity contribution in [2.45, 2.75) is 25.8 Å². The first kappa shape index (κ1) is 20.8. The van der Waals surface area contributed by atoms with E-state index in [2.05, 4.69) is 32.1 Å². The number of hydrogen-bond acceptors (Lipinski definition) is 5. The van der Waals surface area contributed by atoms with Crippen molar-refractivity contribution in [2.24, 2.45) is 5.92 Å². The number of carbonyl (C=O) groups excluding carboxylic acids is 2. The maximum absolute atomic E-state index is 13.2. The Kier molecular flexibility index (Phi) is 5.80. The average Bonchev–Trinajstić information content (AvgIpc) is 3.31. The largest absolute Gasteiger partial charge is 0.350 e. The van der Waals surface area contributed by atoms with Gasteiger partial charge in [0.2, 0.25) is 0 Å². The quantitative estimate of drug-likeness (QED) is 0.459. The van der Waals surface area contributed by atoms with E-state index in [0.717, 1.165) is 29.2 Å². The number of carbonyl (C=O) groups is 2. The molecular weight excluding hydrogens is 416 g/mol. The van der Waals surface area contributed by atoms with Crippen LogP contribution in [0.2, 0.25) is 0 Å². The van der Waals surface area contributed by atoms with Crippen molar-refractivity contribution >= 4 is 28.3 Å². The highest BCUT2D eigenvalue weighted by molar-refractivity contribution is 6.15. The molecule has 1 aliphatic rings. The first-order valence-electron chi connectivity index (χ1n) is 11.0. The lowest BCUT2D eigenvalue weighted by atomic mass is 9.85. The Morgan fingerprint density at radius 2 is 1.91 bits per heavy atom. The third-order valence-corrected chi connectivity index (χ3v) is 6.06. The molecule has 165 valence electrons. The number of benzene rings is 2. The van der Waals surface area contributed by atoms with Gasteiger partial charge >= 0.3 is 0 Å². The third-order valence-electron chi connectivity index (χ3n) is 6.06. The second-order valence-corrected chi connectivity index (χ2v) is 8.22. The molecule has 8 nitrogen and oxygen atoms in total. The standard InChI is InChI=1S/C25H23N6O2/c32-24(29-22-9-4-12-26-23(22)25(33)27-15-17-5-3-6-17)21-11-10-18(16-31-14-13-28-30-31)19-7-1-2-8-20(19)21/h1-2,4,7-11,13-14,17H,3,5-6,15-16H2,(H,27,33)(H,29,32). The highest BCUT2D eigenvalue weighted by Crippen LogP contribution is 2.26. The van der Waals surface area contributed by atoms with Crippen LogP contribution in [0.15, 0.2) is 60.9 Å². The molecule has 1 fully saturated rings. The number of rotatable bonds is 7. The van der Waals surface area contributed by atoms with Crippen LogP contribution in [0.1, 0.15) is 45.7 Å². The van der Waals surface area contributed by atoms with Gasteiger partial charge in [-0.25, -0.2) is 9.67 Å². The monoisotopic (exact) mass is 439 g/mol. The van der Waals surface area contributed by atoms with E-state index in [1.165, 1.54) is 6.42 Å². The molecule has 8 heteroatoms. The maximum atomic E-state index is 13.2. The molecule has 5 rings (SSSR count). The Balaban J connectivity index is 1.39. The van der Waals surface area contributed by atoms with Gasteiger partial charge in [-0.3, -0.25) is 9.59 Å². The Morgan fingerprint density at radius 3 is 2.67 bits per heavy atom. The van der Waals surface area contributed by atoms with E-state index in [-0.39, 0.29) is 17.5 Å².